The van der Waals surface area contributed by atoms with Crippen LogP contribution >= 0.6 is 0 Å². The normalized spacial score (nSPS) is 12.2. The lowest BCUT2D eigenvalue weighted by Gasteiger charge is -2.21. The predicted octanol–water partition coefficient (Wildman–Crippen LogP) is 2.01. The minimum absolute atomic E-state index is 0.0634. The Morgan fingerprint density at radius 3 is 1.81 bits per heavy atom. The molecule has 0 fully saturated rings. The van der Waals surface area contributed by atoms with Crippen LogP contribution in [0, 0.1) is 0 Å². The smallest absolute Gasteiger partial charge is 0.326 e. The van der Waals surface area contributed by atoms with E-state index in [0.29, 0.717) is 45.3 Å². The van der Waals surface area contributed by atoms with Gasteiger partial charge in [-0.15, -0.1) is 0 Å². The Morgan fingerprint density at radius 2 is 1.30 bits per heavy atom. The van der Waals surface area contributed by atoms with Crippen LogP contribution < -0.4 is 16.0 Å². The molecule has 43 heavy (non-hydrogen) atoms. The van der Waals surface area contributed by atoms with Crippen molar-refractivity contribution in [2.75, 3.05) is 13.1 Å². The first-order valence-electron chi connectivity index (χ1n) is 14.2. The van der Waals surface area contributed by atoms with Crippen molar-refractivity contribution in [1.29, 1.82) is 0 Å². The highest BCUT2D eigenvalue weighted by Gasteiger charge is 2.24. The number of pyridine rings is 2. The van der Waals surface area contributed by atoms with Crippen LogP contribution in [0.1, 0.15) is 62.8 Å². The van der Waals surface area contributed by atoms with Crippen LogP contribution in [0.25, 0.3) is 0 Å². The van der Waals surface area contributed by atoms with E-state index in [1.807, 2.05) is 36.4 Å². The van der Waals surface area contributed by atoms with Crippen molar-refractivity contribution < 1.29 is 39.3 Å². The van der Waals surface area contributed by atoms with E-state index >= 15 is 0 Å². The van der Waals surface area contributed by atoms with Crippen molar-refractivity contribution in [3.05, 3.63) is 60.2 Å². The second-order valence-electron chi connectivity index (χ2n) is 9.99. The molecule has 3 amide bonds. The van der Waals surface area contributed by atoms with Gasteiger partial charge in [0.15, 0.2) is 0 Å². The summed E-state index contributed by atoms with van der Waals surface area (Å²) in [5, 5.41) is 34.3. The van der Waals surface area contributed by atoms with Crippen molar-refractivity contribution in [2.24, 2.45) is 0 Å². The van der Waals surface area contributed by atoms with Gasteiger partial charge in [0, 0.05) is 44.9 Å². The van der Waals surface area contributed by atoms with Gasteiger partial charge in [-0.25, -0.2) is 14.4 Å². The number of aromatic nitrogens is 2. The van der Waals surface area contributed by atoms with Crippen LogP contribution in [-0.4, -0.2) is 85.2 Å². The molecule has 14 heteroatoms. The van der Waals surface area contributed by atoms with Crippen LogP contribution in [0.2, 0.25) is 0 Å². The Kier molecular flexibility index (Phi) is 15.7. The number of urea groups is 1. The molecule has 234 valence electrons. The number of aliphatic carboxylic acids is 3. The fourth-order valence-electron chi connectivity index (χ4n) is 4.21. The third-order valence-corrected chi connectivity index (χ3v) is 6.45. The minimum atomic E-state index is -1.47. The van der Waals surface area contributed by atoms with Gasteiger partial charge < -0.3 is 31.3 Å². The molecule has 0 unspecified atom stereocenters. The number of unbranched alkanes of at least 4 members (excludes halogenated alkanes) is 2. The SMILES string of the molecule is O=C(O)CC[C@H](NC(=O)N[C@@H](CCCCNC(=O)CCCCN(Cc1ccccn1)Cc1ccccn1)C(=O)O)C(=O)O. The number of carbonyl (C=O) groups is 5. The summed E-state index contributed by atoms with van der Waals surface area (Å²) < 4.78 is 0. The predicted molar refractivity (Wildman–Crippen MR) is 155 cm³/mol. The van der Waals surface area contributed by atoms with Crippen molar-refractivity contribution >= 4 is 29.8 Å². The fraction of sp³-hybridized carbons (Fsp3) is 0.483. The van der Waals surface area contributed by atoms with E-state index in [9.17, 15) is 29.1 Å². The molecular weight excluding hydrogens is 560 g/mol. The average molecular weight is 601 g/mol. The molecule has 0 spiro atoms. The third kappa shape index (κ3) is 15.3. The summed E-state index contributed by atoms with van der Waals surface area (Å²) in [5.41, 5.74) is 1.91. The van der Waals surface area contributed by atoms with Crippen LogP contribution in [0.5, 0.6) is 0 Å². The maximum atomic E-state index is 12.3. The number of hydrogen-bond acceptors (Lipinski definition) is 8. The summed E-state index contributed by atoms with van der Waals surface area (Å²) in [5.74, 6) is -4.04. The van der Waals surface area contributed by atoms with Crippen molar-refractivity contribution in [2.45, 2.75) is 76.5 Å². The zero-order valence-electron chi connectivity index (χ0n) is 24.0. The van der Waals surface area contributed by atoms with E-state index in [-0.39, 0.29) is 18.7 Å². The molecule has 0 aliphatic rings. The summed E-state index contributed by atoms with van der Waals surface area (Å²) in [6, 6.07) is 7.84. The second kappa shape index (κ2) is 19.5. The summed E-state index contributed by atoms with van der Waals surface area (Å²) in [4.78, 5) is 68.8. The first-order valence-corrected chi connectivity index (χ1v) is 14.2. The molecule has 0 radical (unpaired) electrons. The molecule has 0 saturated carbocycles. The molecule has 0 aliphatic carbocycles. The number of hydrogen-bond donors (Lipinski definition) is 6. The van der Waals surface area contributed by atoms with Gasteiger partial charge in [0.05, 0.1) is 11.4 Å². The van der Waals surface area contributed by atoms with Gasteiger partial charge in [-0.05, 0) is 69.3 Å². The largest absolute Gasteiger partial charge is 0.481 e. The Bertz CT molecular complexity index is 1130. The van der Waals surface area contributed by atoms with Gasteiger partial charge in [-0.2, -0.15) is 0 Å². The molecule has 0 aliphatic heterocycles. The average Bonchev–Trinajstić information content (AvgIpc) is 2.97. The first-order chi connectivity index (χ1) is 20.6. The molecule has 0 bridgehead atoms. The van der Waals surface area contributed by atoms with Gasteiger partial charge in [0.1, 0.15) is 12.1 Å². The van der Waals surface area contributed by atoms with Crippen molar-refractivity contribution in [1.82, 2.24) is 30.8 Å². The first kappa shape index (κ1) is 34.6. The summed E-state index contributed by atoms with van der Waals surface area (Å²) >= 11 is 0. The number of nitrogens with zero attached hydrogens (tertiary/aromatic N) is 3. The van der Waals surface area contributed by atoms with Crippen molar-refractivity contribution in [3.8, 4) is 0 Å². The summed E-state index contributed by atoms with van der Waals surface area (Å²) in [7, 11) is 0. The number of amides is 3. The quantitative estimate of drug-likeness (QED) is 0.114. The van der Waals surface area contributed by atoms with E-state index in [1.54, 1.807) is 12.4 Å². The number of carboxylic acid groups (broad SMARTS) is 3. The molecule has 2 aromatic rings. The van der Waals surface area contributed by atoms with Crippen LogP contribution in [0.4, 0.5) is 4.79 Å². The third-order valence-electron chi connectivity index (χ3n) is 6.45. The lowest BCUT2D eigenvalue weighted by atomic mass is 10.1. The maximum Gasteiger partial charge on any atom is 0.326 e. The molecule has 6 N–H and O–H groups in total. The molecule has 2 aromatic heterocycles. The second-order valence-corrected chi connectivity index (χ2v) is 9.99. The van der Waals surface area contributed by atoms with Gasteiger partial charge in [-0.1, -0.05) is 12.1 Å². The summed E-state index contributed by atoms with van der Waals surface area (Å²) in [6.45, 7) is 2.45. The van der Waals surface area contributed by atoms with Gasteiger partial charge >= 0.3 is 23.9 Å². The molecule has 2 atom stereocenters. The highest BCUT2D eigenvalue weighted by atomic mass is 16.4. The van der Waals surface area contributed by atoms with E-state index < -0.39 is 42.4 Å². The molecule has 0 saturated heterocycles. The lowest BCUT2D eigenvalue weighted by Crippen LogP contribution is -2.51. The fourth-order valence-corrected chi connectivity index (χ4v) is 4.21. The molecular formula is C29H40N6O8. The van der Waals surface area contributed by atoms with Gasteiger partial charge in [-0.3, -0.25) is 24.5 Å². The van der Waals surface area contributed by atoms with E-state index in [4.69, 9.17) is 10.2 Å². The monoisotopic (exact) mass is 600 g/mol. The van der Waals surface area contributed by atoms with Crippen LogP contribution in [0.15, 0.2) is 48.8 Å². The highest BCUT2D eigenvalue weighted by Crippen LogP contribution is 2.09. The zero-order valence-corrected chi connectivity index (χ0v) is 24.0. The maximum absolute atomic E-state index is 12.3. The summed E-state index contributed by atoms with van der Waals surface area (Å²) in [6.07, 6.45) is 5.49. The molecule has 14 nitrogen and oxygen atoms in total. The van der Waals surface area contributed by atoms with E-state index in [2.05, 4.69) is 30.8 Å². The molecule has 2 heterocycles. The number of carboxylic acids is 3. The number of rotatable bonds is 21. The van der Waals surface area contributed by atoms with Gasteiger partial charge in [0.2, 0.25) is 5.91 Å². The Morgan fingerprint density at radius 1 is 0.721 bits per heavy atom. The Balaban J connectivity index is 1.66. The highest BCUT2D eigenvalue weighted by molar-refractivity contribution is 5.86. The topological polar surface area (TPSA) is 211 Å². The lowest BCUT2D eigenvalue weighted by molar-refractivity contribution is -0.140. The van der Waals surface area contributed by atoms with Crippen molar-refractivity contribution in [3.63, 3.8) is 0 Å². The van der Waals surface area contributed by atoms with Crippen LogP contribution in [-0.2, 0) is 32.3 Å². The number of carbonyl (C=O) groups excluding carboxylic acids is 2. The Hall–Kier alpha value is -4.59. The molecule has 2 rings (SSSR count). The van der Waals surface area contributed by atoms with E-state index in [0.717, 1.165) is 24.4 Å². The molecule has 0 aromatic carbocycles. The standard InChI is InChI=1S/C29H40N6O8/c36-25(12-4-8-18-35(19-21-9-1-5-15-30-21)20-22-10-2-6-16-31-22)32-17-7-3-11-23(27(39)40)33-29(43)34-24(28(41)42)13-14-26(37)38/h1-2,5-6,9-10,15-16,23-24H,3-4,7-8,11-14,17-20H2,(H,32,36)(H,37,38)(H,39,40)(H,41,42)(H2,33,34,43)/t23-,24-/m0/s1. The Labute approximate surface area is 249 Å². The van der Waals surface area contributed by atoms with Gasteiger partial charge in [0.25, 0.3) is 0 Å². The zero-order chi connectivity index (χ0) is 31.5. The van der Waals surface area contributed by atoms with E-state index in [1.165, 1.54) is 0 Å². The minimum Gasteiger partial charge on any atom is -0.481 e. The van der Waals surface area contributed by atoms with Crippen LogP contribution in [0.3, 0.4) is 0 Å². The number of nitrogens with one attached hydrogen (secondary N) is 3.